The maximum absolute atomic E-state index is 12.4. The van der Waals surface area contributed by atoms with Crippen LogP contribution in [0.2, 0.25) is 0 Å². The molecule has 0 fully saturated rings. The number of nitrogens with zero attached hydrogens (tertiary/aromatic N) is 3. The first-order valence-electron chi connectivity index (χ1n) is 11.8. The predicted molar refractivity (Wildman–Crippen MR) is 134 cm³/mol. The van der Waals surface area contributed by atoms with Crippen LogP contribution in [0.4, 0.5) is 17.1 Å². The van der Waals surface area contributed by atoms with Crippen molar-refractivity contribution < 1.29 is 9.90 Å². The number of rotatable bonds is 7. The van der Waals surface area contributed by atoms with Crippen LogP contribution in [0, 0.1) is 5.92 Å². The second-order valence-electron chi connectivity index (χ2n) is 8.95. The molecular formula is C27H33N3O2. The van der Waals surface area contributed by atoms with Gasteiger partial charge in [0.05, 0.1) is 17.1 Å². The zero-order valence-corrected chi connectivity index (χ0v) is 19.6. The zero-order chi connectivity index (χ0) is 22.8. The van der Waals surface area contributed by atoms with Gasteiger partial charge in [-0.15, -0.1) is 0 Å². The summed E-state index contributed by atoms with van der Waals surface area (Å²) >= 11 is 0. The van der Waals surface area contributed by atoms with Crippen LogP contribution in [0.5, 0.6) is 0 Å². The average Bonchev–Trinajstić information content (AvgIpc) is 2.81. The van der Waals surface area contributed by atoms with E-state index in [1.54, 1.807) is 0 Å². The summed E-state index contributed by atoms with van der Waals surface area (Å²) < 4.78 is 0. The maximum Gasteiger partial charge on any atom is 0.340 e. The lowest BCUT2D eigenvalue weighted by molar-refractivity contribution is 0.0698. The number of fused-ring (bicyclic) bond motifs is 2. The van der Waals surface area contributed by atoms with E-state index in [9.17, 15) is 9.90 Å². The standard InChI is InChI=1S/C27H33N3O2/c1-5-12-30(4)23-15-21(19-8-9-20-13-17(6-2)16-29-22(20)14-19)24-18(7-3)10-11-28-26(24)25(23)27(31)32/h8-9,11,14-18H,5-7,10,12-13H2,1-4H3,(H,31,32). The second kappa shape index (κ2) is 9.27. The van der Waals surface area contributed by atoms with Crippen LogP contribution < -0.4 is 4.90 Å². The van der Waals surface area contributed by atoms with Crippen molar-refractivity contribution in [3.63, 3.8) is 0 Å². The number of aromatic carboxylic acids is 1. The molecule has 2 heterocycles. The van der Waals surface area contributed by atoms with Crippen LogP contribution in [-0.4, -0.2) is 37.1 Å². The monoisotopic (exact) mass is 431 g/mol. The first-order chi connectivity index (χ1) is 15.5. The first kappa shape index (κ1) is 22.3. The molecule has 1 N–H and O–H groups in total. The van der Waals surface area contributed by atoms with Crippen LogP contribution in [0.1, 0.15) is 73.9 Å². The maximum atomic E-state index is 12.4. The highest BCUT2D eigenvalue weighted by atomic mass is 16.4. The summed E-state index contributed by atoms with van der Waals surface area (Å²) in [4.78, 5) is 23.8. The third kappa shape index (κ3) is 3.96. The molecule has 168 valence electrons. The molecule has 0 aromatic heterocycles. The number of aliphatic imine (C=N–C) groups is 2. The molecule has 0 saturated carbocycles. The van der Waals surface area contributed by atoms with E-state index in [0.29, 0.717) is 17.2 Å². The van der Waals surface area contributed by atoms with Crippen LogP contribution in [0.15, 0.2) is 34.3 Å². The van der Waals surface area contributed by atoms with Gasteiger partial charge in [0.1, 0.15) is 5.56 Å². The van der Waals surface area contributed by atoms with E-state index in [4.69, 9.17) is 4.99 Å². The number of carbonyl (C=O) groups is 1. The Balaban J connectivity index is 1.95. The van der Waals surface area contributed by atoms with Gasteiger partial charge >= 0.3 is 5.97 Å². The fourth-order valence-electron chi connectivity index (χ4n) is 4.98. The van der Waals surface area contributed by atoms with E-state index in [0.717, 1.165) is 66.7 Å². The number of anilines is 1. The third-order valence-corrected chi connectivity index (χ3v) is 6.84. The van der Waals surface area contributed by atoms with Gasteiger partial charge in [0.25, 0.3) is 0 Å². The van der Waals surface area contributed by atoms with E-state index in [1.807, 2.05) is 18.2 Å². The van der Waals surface area contributed by atoms with E-state index in [-0.39, 0.29) is 5.92 Å². The molecule has 2 aliphatic rings. The quantitative estimate of drug-likeness (QED) is 0.525. The Morgan fingerprint density at radius 2 is 1.97 bits per heavy atom. The molecule has 4 rings (SSSR count). The minimum Gasteiger partial charge on any atom is -0.478 e. The molecule has 0 saturated heterocycles. The molecule has 0 spiro atoms. The Kier molecular flexibility index (Phi) is 6.45. The molecule has 0 aliphatic carbocycles. The zero-order valence-electron chi connectivity index (χ0n) is 19.6. The Morgan fingerprint density at radius 1 is 1.16 bits per heavy atom. The number of hydrogen-bond donors (Lipinski definition) is 1. The summed E-state index contributed by atoms with van der Waals surface area (Å²) in [7, 11) is 1.97. The molecule has 5 heteroatoms. The van der Waals surface area contributed by atoms with Gasteiger partial charge in [0.15, 0.2) is 0 Å². The van der Waals surface area contributed by atoms with Crippen molar-refractivity contribution in [3.8, 4) is 11.1 Å². The van der Waals surface area contributed by atoms with Crippen LogP contribution in [0.3, 0.4) is 0 Å². The summed E-state index contributed by atoms with van der Waals surface area (Å²) in [6.07, 6.45) is 8.80. The SMILES string of the molecule is CCCN(C)c1cc(-c2ccc3c(c2)N=CC(CC)C3)c2c(c1C(=O)O)N=CCC2CC. The van der Waals surface area contributed by atoms with Gasteiger partial charge in [0, 0.05) is 26.0 Å². The van der Waals surface area contributed by atoms with Crippen LogP contribution in [-0.2, 0) is 6.42 Å². The Labute approximate surface area is 190 Å². The molecule has 0 bridgehead atoms. The molecule has 2 atom stereocenters. The lowest BCUT2D eigenvalue weighted by atomic mass is 9.81. The summed E-state index contributed by atoms with van der Waals surface area (Å²) in [5.41, 5.74) is 7.22. The smallest absolute Gasteiger partial charge is 0.340 e. The minimum absolute atomic E-state index is 0.255. The molecule has 2 aromatic carbocycles. The first-order valence-corrected chi connectivity index (χ1v) is 11.8. The van der Waals surface area contributed by atoms with Crippen molar-refractivity contribution in [2.45, 2.75) is 58.8 Å². The minimum atomic E-state index is -0.916. The van der Waals surface area contributed by atoms with Crippen molar-refractivity contribution in [2.24, 2.45) is 15.9 Å². The van der Waals surface area contributed by atoms with Gasteiger partial charge in [-0.1, -0.05) is 32.9 Å². The number of hydrogen-bond acceptors (Lipinski definition) is 4. The predicted octanol–water partition coefficient (Wildman–Crippen LogP) is 6.78. The van der Waals surface area contributed by atoms with Crippen molar-refractivity contribution in [2.75, 3.05) is 18.5 Å². The Bertz CT molecular complexity index is 1090. The van der Waals surface area contributed by atoms with Gasteiger partial charge in [-0.2, -0.15) is 0 Å². The molecule has 5 nitrogen and oxygen atoms in total. The largest absolute Gasteiger partial charge is 0.478 e. The summed E-state index contributed by atoms with van der Waals surface area (Å²) in [6.45, 7) is 7.25. The fraction of sp³-hybridized carbons (Fsp3) is 0.444. The van der Waals surface area contributed by atoms with Crippen LogP contribution in [0.25, 0.3) is 11.1 Å². The van der Waals surface area contributed by atoms with E-state index >= 15 is 0 Å². The van der Waals surface area contributed by atoms with Crippen molar-refractivity contribution >= 4 is 35.5 Å². The van der Waals surface area contributed by atoms with Gasteiger partial charge in [-0.25, -0.2) is 4.79 Å². The topological polar surface area (TPSA) is 65.3 Å². The highest BCUT2D eigenvalue weighted by Gasteiger charge is 2.30. The summed E-state index contributed by atoms with van der Waals surface area (Å²) in [5.74, 6) is -0.158. The molecular weight excluding hydrogens is 398 g/mol. The van der Waals surface area contributed by atoms with Crippen molar-refractivity contribution in [1.82, 2.24) is 0 Å². The van der Waals surface area contributed by atoms with Crippen LogP contribution >= 0.6 is 0 Å². The van der Waals surface area contributed by atoms with E-state index in [2.05, 4.69) is 56.2 Å². The Morgan fingerprint density at radius 3 is 2.66 bits per heavy atom. The molecule has 2 unspecified atom stereocenters. The summed E-state index contributed by atoms with van der Waals surface area (Å²) in [6, 6.07) is 8.62. The molecule has 0 radical (unpaired) electrons. The normalized spacial score (nSPS) is 18.9. The fourth-order valence-corrected chi connectivity index (χ4v) is 4.98. The Hall–Kier alpha value is -2.95. The highest BCUT2D eigenvalue weighted by Crippen LogP contribution is 2.48. The lowest BCUT2D eigenvalue weighted by Gasteiger charge is -2.29. The van der Waals surface area contributed by atoms with Gasteiger partial charge in [-0.3, -0.25) is 9.98 Å². The van der Waals surface area contributed by atoms with Gasteiger partial charge in [0.2, 0.25) is 0 Å². The number of benzene rings is 2. The molecule has 0 amide bonds. The lowest BCUT2D eigenvalue weighted by Crippen LogP contribution is -2.22. The van der Waals surface area contributed by atoms with E-state index in [1.165, 1.54) is 5.56 Å². The van der Waals surface area contributed by atoms with Crippen molar-refractivity contribution in [1.29, 1.82) is 0 Å². The molecule has 2 aliphatic heterocycles. The second-order valence-corrected chi connectivity index (χ2v) is 8.95. The number of carboxylic acids is 1. The highest BCUT2D eigenvalue weighted by molar-refractivity contribution is 6.04. The van der Waals surface area contributed by atoms with Gasteiger partial charge < -0.3 is 10.0 Å². The number of carboxylic acid groups (broad SMARTS) is 1. The van der Waals surface area contributed by atoms with Gasteiger partial charge in [-0.05, 0) is 78.3 Å². The molecule has 2 aromatic rings. The summed E-state index contributed by atoms with van der Waals surface area (Å²) in [5, 5.41) is 10.1. The van der Waals surface area contributed by atoms with Crippen molar-refractivity contribution in [3.05, 3.63) is 41.0 Å². The van der Waals surface area contributed by atoms with E-state index < -0.39 is 5.97 Å². The molecule has 32 heavy (non-hydrogen) atoms. The third-order valence-electron chi connectivity index (χ3n) is 6.84. The average molecular weight is 432 g/mol.